The maximum absolute atomic E-state index is 11.6. The van der Waals surface area contributed by atoms with Crippen LogP contribution in [0.15, 0.2) is 0 Å². The lowest BCUT2D eigenvalue weighted by Gasteiger charge is -2.22. The molecule has 2 amide bonds. The van der Waals surface area contributed by atoms with Crippen molar-refractivity contribution in [3.63, 3.8) is 0 Å². The van der Waals surface area contributed by atoms with Gasteiger partial charge in [-0.1, -0.05) is 19.3 Å². The molecule has 0 radical (unpaired) electrons. The quantitative estimate of drug-likeness (QED) is 0.647. The Bertz CT molecular complexity index is 260. The molecule has 5 nitrogen and oxygen atoms in total. The van der Waals surface area contributed by atoms with E-state index in [4.69, 9.17) is 5.73 Å². The highest BCUT2D eigenvalue weighted by molar-refractivity contribution is 5.82. The van der Waals surface area contributed by atoms with Gasteiger partial charge in [0.1, 0.15) is 0 Å². The van der Waals surface area contributed by atoms with Gasteiger partial charge in [-0.3, -0.25) is 9.59 Å². The van der Waals surface area contributed by atoms with Gasteiger partial charge in [0, 0.05) is 19.0 Å². The lowest BCUT2D eigenvalue weighted by molar-refractivity contribution is -0.123. The minimum absolute atomic E-state index is 0.0156. The molecular formula is C12H23N3O2. The number of nitrogens with two attached hydrogens (primary N) is 1. The standard InChI is InChI=1S/C12H23N3O2/c1-9(13)12(17)14-8-7-11(16)15-10-5-3-2-4-6-10/h9-10H,2-8,13H2,1H3,(H,14,17)(H,15,16)/t9-/m0/s1. The van der Waals surface area contributed by atoms with E-state index in [0.717, 1.165) is 12.8 Å². The van der Waals surface area contributed by atoms with Crippen LogP contribution in [0.25, 0.3) is 0 Å². The zero-order chi connectivity index (χ0) is 12.7. The van der Waals surface area contributed by atoms with E-state index in [1.54, 1.807) is 6.92 Å². The number of hydrogen-bond acceptors (Lipinski definition) is 3. The fraction of sp³-hybridized carbons (Fsp3) is 0.833. The molecule has 0 aliphatic heterocycles. The molecule has 0 spiro atoms. The molecule has 4 N–H and O–H groups in total. The third-order valence-electron chi connectivity index (χ3n) is 3.04. The van der Waals surface area contributed by atoms with Crippen LogP contribution in [-0.4, -0.2) is 30.4 Å². The summed E-state index contributed by atoms with van der Waals surface area (Å²) in [6, 6.07) is -0.184. The van der Waals surface area contributed by atoms with Gasteiger partial charge in [0.2, 0.25) is 11.8 Å². The van der Waals surface area contributed by atoms with Gasteiger partial charge >= 0.3 is 0 Å². The monoisotopic (exact) mass is 241 g/mol. The first-order valence-electron chi connectivity index (χ1n) is 6.42. The minimum Gasteiger partial charge on any atom is -0.354 e. The Labute approximate surface area is 103 Å². The third kappa shape index (κ3) is 5.68. The van der Waals surface area contributed by atoms with Gasteiger partial charge < -0.3 is 16.4 Å². The molecule has 1 saturated carbocycles. The maximum Gasteiger partial charge on any atom is 0.236 e. The van der Waals surface area contributed by atoms with Crippen LogP contribution < -0.4 is 16.4 Å². The van der Waals surface area contributed by atoms with Crippen molar-refractivity contribution in [2.75, 3.05) is 6.54 Å². The molecule has 5 heteroatoms. The van der Waals surface area contributed by atoms with E-state index in [2.05, 4.69) is 10.6 Å². The maximum atomic E-state index is 11.6. The van der Waals surface area contributed by atoms with Gasteiger partial charge in [0.25, 0.3) is 0 Å². The van der Waals surface area contributed by atoms with Crippen LogP contribution in [-0.2, 0) is 9.59 Å². The summed E-state index contributed by atoms with van der Waals surface area (Å²) >= 11 is 0. The number of amides is 2. The Balaban J connectivity index is 2.10. The molecule has 0 saturated heterocycles. The highest BCUT2D eigenvalue weighted by Gasteiger charge is 2.15. The molecule has 98 valence electrons. The van der Waals surface area contributed by atoms with Gasteiger partial charge in [-0.05, 0) is 19.8 Å². The van der Waals surface area contributed by atoms with Crippen LogP contribution in [0.1, 0.15) is 45.4 Å². The van der Waals surface area contributed by atoms with Crippen molar-refractivity contribution < 1.29 is 9.59 Å². The van der Waals surface area contributed by atoms with Crippen molar-refractivity contribution in [3.8, 4) is 0 Å². The lowest BCUT2D eigenvalue weighted by atomic mass is 9.95. The Morgan fingerprint density at radius 1 is 1.29 bits per heavy atom. The summed E-state index contributed by atoms with van der Waals surface area (Å²) in [6.07, 6.45) is 6.17. The predicted molar refractivity (Wildman–Crippen MR) is 66.3 cm³/mol. The van der Waals surface area contributed by atoms with Gasteiger partial charge in [0.15, 0.2) is 0 Å². The van der Waals surface area contributed by atoms with Gasteiger partial charge in [-0.2, -0.15) is 0 Å². The summed E-state index contributed by atoms with van der Waals surface area (Å²) in [5, 5.41) is 5.63. The summed E-state index contributed by atoms with van der Waals surface area (Å²) in [4.78, 5) is 22.7. The second kappa shape index (κ2) is 7.27. The van der Waals surface area contributed by atoms with Crippen molar-refractivity contribution in [2.24, 2.45) is 5.73 Å². The molecule has 1 aliphatic carbocycles. The van der Waals surface area contributed by atoms with E-state index >= 15 is 0 Å². The Morgan fingerprint density at radius 3 is 2.53 bits per heavy atom. The molecule has 0 heterocycles. The highest BCUT2D eigenvalue weighted by Crippen LogP contribution is 2.17. The van der Waals surface area contributed by atoms with Gasteiger partial charge in [-0.25, -0.2) is 0 Å². The molecule has 0 unspecified atom stereocenters. The summed E-state index contributed by atoms with van der Waals surface area (Å²) in [5.74, 6) is -0.197. The molecule has 1 aliphatic rings. The summed E-state index contributed by atoms with van der Waals surface area (Å²) < 4.78 is 0. The van der Waals surface area contributed by atoms with E-state index in [9.17, 15) is 9.59 Å². The number of nitrogens with one attached hydrogen (secondary N) is 2. The molecule has 0 aromatic carbocycles. The second-order valence-corrected chi connectivity index (χ2v) is 4.73. The van der Waals surface area contributed by atoms with Crippen molar-refractivity contribution in [3.05, 3.63) is 0 Å². The van der Waals surface area contributed by atoms with E-state index in [-0.39, 0.29) is 11.8 Å². The smallest absolute Gasteiger partial charge is 0.236 e. The summed E-state index contributed by atoms with van der Waals surface area (Å²) in [6.45, 7) is 1.98. The van der Waals surface area contributed by atoms with Crippen LogP contribution in [0.5, 0.6) is 0 Å². The molecule has 0 aromatic heterocycles. The SMILES string of the molecule is C[C@H](N)C(=O)NCCC(=O)NC1CCCCC1. The van der Waals surface area contributed by atoms with Crippen molar-refractivity contribution in [2.45, 2.75) is 57.5 Å². The zero-order valence-corrected chi connectivity index (χ0v) is 10.5. The van der Waals surface area contributed by atoms with Crippen LogP contribution in [0.4, 0.5) is 0 Å². The first-order chi connectivity index (χ1) is 8.09. The molecule has 17 heavy (non-hydrogen) atoms. The fourth-order valence-electron chi connectivity index (χ4n) is 2.01. The third-order valence-corrected chi connectivity index (χ3v) is 3.04. The zero-order valence-electron chi connectivity index (χ0n) is 10.5. The first kappa shape index (κ1) is 14.0. The normalized spacial score (nSPS) is 18.5. The van der Waals surface area contributed by atoms with Gasteiger partial charge in [-0.15, -0.1) is 0 Å². The molecule has 0 aromatic rings. The van der Waals surface area contributed by atoms with E-state index in [1.807, 2.05) is 0 Å². The lowest BCUT2D eigenvalue weighted by Crippen LogP contribution is -2.41. The van der Waals surface area contributed by atoms with Crippen LogP contribution >= 0.6 is 0 Å². The number of rotatable bonds is 5. The molecule has 1 rings (SSSR count). The minimum atomic E-state index is -0.517. The second-order valence-electron chi connectivity index (χ2n) is 4.73. The van der Waals surface area contributed by atoms with E-state index in [0.29, 0.717) is 19.0 Å². The number of carbonyl (C=O) groups excluding carboxylic acids is 2. The molecular weight excluding hydrogens is 218 g/mol. The molecule has 1 atom stereocenters. The van der Waals surface area contributed by atoms with Crippen LogP contribution in [0.3, 0.4) is 0 Å². The van der Waals surface area contributed by atoms with E-state index < -0.39 is 6.04 Å². The number of hydrogen-bond donors (Lipinski definition) is 3. The molecule has 1 fully saturated rings. The Kier molecular flexibility index (Phi) is 5.97. The van der Waals surface area contributed by atoms with Crippen molar-refractivity contribution in [1.29, 1.82) is 0 Å². The van der Waals surface area contributed by atoms with Gasteiger partial charge in [0.05, 0.1) is 6.04 Å². The van der Waals surface area contributed by atoms with Crippen LogP contribution in [0.2, 0.25) is 0 Å². The van der Waals surface area contributed by atoms with E-state index in [1.165, 1.54) is 19.3 Å². The average molecular weight is 241 g/mol. The van der Waals surface area contributed by atoms with Crippen molar-refractivity contribution >= 4 is 11.8 Å². The number of carbonyl (C=O) groups is 2. The highest BCUT2D eigenvalue weighted by atomic mass is 16.2. The first-order valence-corrected chi connectivity index (χ1v) is 6.42. The summed E-state index contributed by atoms with van der Waals surface area (Å²) in [5.41, 5.74) is 5.39. The largest absolute Gasteiger partial charge is 0.354 e. The van der Waals surface area contributed by atoms with Crippen LogP contribution in [0, 0.1) is 0 Å². The average Bonchev–Trinajstić information content (AvgIpc) is 2.30. The topological polar surface area (TPSA) is 84.2 Å². The Hall–Kier alpha value is -1.10. The predicted octanol–water partition coefficient (Wildman–Crippen LogP) is 0.289. The Morgan fingerprint density at radius 2 is 1.94 bits per heavy atom. The fourth-order valence-corrected chi connectivity index (χ4v) is 2.01. The molecule has 0 bridgehead atoms. The van der Waals surface area contributed by atoms with Crippen molar-refractivity contribution in [1.82, 2.24) is 10.6 Å². The summed E-state index contributed by atoms with van der Waals surface area (Å²) in [7, 11) is 0.